The molecule has 0 unspecified atom stereocenters. The topological polar surface area (TPSA) is 58.2 Å². The first-order valence-corrected chi connectivity index (χ1v) is 5.75. The fourth-order valence-corrected chi connectivity index (χ4v) is 1.36. The highest BCUT2D eigenvalue weighted by atomic mass is 35.5. The molecule has 0 bridgehead atoms. The van der Waals surface area contributed by atoms with Gasteiger partial charge in [0.05, 0.1) is 6.54 Å². The summed E-state index contributed by atoms with van der Waals surface area (Å²) in [4.78, 5) is 22.8. The van der Waals surface area contributed by atoms with Gasteiger partial charge in [0.25, 0.3) is 5.91 Å². The van der Waals surface area contributed by atoms with Gasteiger partial charge in [-0.1, -0.05) is 17.5 Å². The summed E-state index contributed by atoms with van der Waals surface area (Å²) in [5.41, 5.74) is 0.503. The molecule has 0 aliphatic heterocycles. The van der Waals surface area contributed by atoms with E-state index in [1.54, 1.807) is 24.3 Å². The molecule has 1 aromatic carbocycles. The van der Waals surface area contributed by atoms with E-state index in [-0.39, 0.29) is 31.3 Å². The fraction of sp³-hybridized carbons (Fsp3) is 0.231. The third-order valence-electron chi connectivity index (χ3n) is 2.13. The molecule has 0 aromatic heterocycles. The number of carbonyl (C=O) groups excluding carboxylic acids is 2. The summed E-state index contributed by atoms with van der Waals surface area (Å²) in [5, 5.41) is 5.71. The van der Waals surface area contributed by atoms with Crippen molar-refractivity contribution < 1.29 is 9.59 Å². The van der Waals surface area contributed by atoms with Crippen LogP contribution in [0.5, 0.6) is 0 Å². The van der Waals surface area contributed by atoms with Crippen molar-refractivity contribution in [2.45, 2.75) is 6.42 Å². The summed E-state index contributed by atoms with van der Waals surface area (Å²) in [6.45, 7) is 0.460. The van der Waals surface area contributed by atoms with Gasteiger partial charge in [0.15, 0.2) is 0 Å². The van der Waals surface area contributed by atoms with Gasteiger partial charge in [-0.3, -0.25) is 9.59 Å². The van der Waals surface area contributed by atoms with Crippen LogP contribution in [-0.4, -0.2) is 24.9 Å². The van der Waals surface area contributed by atoms with E-state index in [1.807, 2.05) is 0 Å². The molecule has 4 nitrogen and oxygen atoms in total. The Bertz CT molecular complexity index is 463. The lowest BCUT2D eigenvalue weighted by Gasteiger charge is -2.05. The molecule has 1 aromatic rings. The van der Waals surface area contributed by atoms with Gasteiger partial charge >= 0.3 is 0 Å². The van der Waals surface area contributed by atoms with E-state index in [9.17, 15) is 9.59 Å². The highest BCUT2D eigenvalue weighted by Gasteiger charge is 2.05. The highest BCUT2D eigenvalue weighted by molar-refractivity contribution is 6.30. The maximum atomic E-state index is 11.6. The van der Waals surface area contributed by atoms with Gasteiger partial charge < -0.3 is 10.6 Å². The second-order valence-corrected chi connectivity index (χ2v) is 3.93. The summed E-state index contributed by atoms with van der Waals surface area (Å²) in [6.07, 6.45) is 5.19. The van der Waals surface area contributed by atoms with E-state index >= 15 is 0 Å². The highest BCUT2D eigenvalue weighted by Crippen LogP contribution is 2.09. The zero-order valence-corrected chi connectivity index (χ0v) is 10.5. The number of hydrogen-bond donors (Lipinski definition) is 2. The average molecular weight is 265 g/mol. The largest absolute Gasteiger partial charge is 0.352 e. The summed E-state index contributed by atoms with van der Waals surface area (Å²) >= 11 is 5.71. The van der Waals surface area contributed by atoms with E-state index in [0.29, 0.717) is 10.6 Å². The predicted molar refractivity (Wildman–Crippen MR) is 70.2 cm³/mol. The molecule has 1 rings (SSSR count). The van der Waals surface area contributed by atoms with Crippen molar-refractivity contribution in [3.8, 4) is 12.3 Å². The van der Waals surface area contributed by atoms with Crippen LogP contribution >= 0.6 is 11.6 Å². The van der Waals surface area contributed by atoms with Gasteiger partial charge in [0.2, 0.25) is 5.91 Å². The van der Waals surface area contributed by atoms with Crippen molar-refractivity contribution in [2.24, 2.45) is 0 Å². The lowest BCUT2D eigenvalue weighted by atomic mass is 10.2. The first kappa shape index (κ1) is 14.1. The Kier molecular flexibility index (Phi) is 5.75. The summed E-state index contributed by atoms with van der Waals surface area (Å²) in [7, 11) is 0. The Morgan fingerprint density at radius 2 is 1.89 bits per heavy atom. The Labute approximate surface area is 111 Å². The van der Waals surface area contributed by atoms with Crippen molar-refractivity contribution in [1.82, 2.24) is 10.6 Å². The van der Waals surface area contributed by atoms with E-state index < -0.39 is 0 Å². The molecule has 0 heterocycles. The van der Waals surface area contributed by atoms with Crippen LogP contribution < -0.4 is 10.6 Å². The van der Waals surface area contributed by atoms with E-state index in [1.165, 1.54) is 0 Å². The van der Waals surface area contributed by atoms with E-state index in [4.69, 9.17) is 18.0 Å². The fourth-order valence-electron chi connectivity index (χ4n) is 1.23. The molecule has 0 fully saturated rings. The standard InChI is InChI=1S/C13H13ClN2O2/c1-2-8-15-12(17)7-9-16-13(18)10-3-5-11(14)6-4-10/h1,3-6H,7-9H2,(H,15,17)(H,16,18). The van der Waals surface area contributed by atoms with Crippen molar-refractivity contribution in [2.75, 3.05) is 13.1 Å². The van der Waals surface area contributed by atoms with Gasteiger partial charge in [-0.05, 0) is 24.3 Å². The minimum atomic E-state index is -0.239. The van der Waals surface area contributed by atoms with Crippen LogP contribution in [0.3, 0.4) is 0 Å². The number of carbonyl (C=O) groups is 2. The second kappa shape index (κ2) is 7.36. The van der Waals surface area contributed by atoms with Crippen LogP contribution in [0.15, 0.2) is 24.3 Å². The van der Waals surface area contributed by atoms with Gasteiger partial charge in [-0.2, -0.15) is 0 Å². The minimum absolute atomic E-state index is 0.190. The number of amides is 2. The lowest BCUT2D eigenvalue weighted by molar-refractivity contribution is -0.120. The first-order valence-electron chi connectivity index (χ1n) is 5.37. The SMILES string of the molecule is C#CCNC(=O)CCNC(=O)c1ccc(Cl)cc1. The molecule has 0 atom stereocenters. The maximum Gasteiger partial charge on any atom is 0.251 e. The minimum Gasteiger partial charge on any atom is -0.352 e. The normalized spacial score (nSPS) is 9.33. The molecule has 0 aliphatic rings. The molecule has 0 saturated heterocycles. The van der Waals surface area contributed by atoms with Crippen LogP contribution in [-0.2, 0) is 4.79 Å². The van der Waals surface area contributed by atoms with Gasteiger partial charge in [0.1, 0.15) is 0 Å². The quantitative estimate of drug-likeness (QED) is 0.786. The van der Waals surface area contributed by atoms with Crippen LogP contribution in [0.4, 0.5) is 0 Å². The zero-order valence-electron chi connectivity index (χ0n) is 9.70. The molecule has 0 aliphatic carbocycles. The predicted octanol–water partition coefficient (Wildman–Crippen LogP) is 1.21. The molecule has 2 amide bonds. The number of benzene rings is 1. The number of hydrogen-bond acceptors (Lipinski definition) is 2. The van der Waals surface area contributed by atoms with Crippen molar-refractivity contribution >= 4 is 23.4 Å². The van der Waals surface area contributed by atoms with Crippen molar-refractivity contribution in [3.63, 3.8) is 0 Å². The van der Waals surface area contributed by atoms with Crippen LogP contribution in [0.1, 0.15) is 16.8 Å². The van der Waals surface area contributed by atoms with Gasteiger partial charge in [0, 0.05) is 23.6 Å². The molecule has 94 valence electrons. The number of nitrogens with one attached hydrogen (secondary N) is 2. The van der Waals surface area contributed by atoms with Crippen molar-refractivity contribution in [3.05, 3.63) is 34.9 Å². The Morgan fingerprint density at radius 1 is 1.22 bits per heavy atom. The van der Waals surface area contributed by atoms with E-state index in [2.05, 4.69) is 16.6 Å². The second-order valence-electron chi connectivity index (χ2n) is 3.49. The molecule has 5 heteroatoms. The molecular weight excluding hydrogens is 252 g/mol. The summed E-state index contributed by atoms with van der Waals surface area (Å²) < 4.78 is 0. The van der Waals surface area contributed by atoms with Crippen LogP contribution in [0.25, 0.3) is 0 Å². The molecule has 0 saturated carbocycles. The number of rotatable bonds is 5. The molecular formula is C13H13ClN2O2. The summed E-state index contributed by atoms with van der Waals surface area (Å²) in [6, 6.07) is 6.51. The van der Waals surface area contributed by atoms with Gasteiger partial charge in [-0.15, -0.1) is 6.42 Å². The number of terminal acetylenes is 1. The maximum absolute atomic E-state index is 11.6. The average Bonchev–Trinajstić information content (AvgIpc) is 2.37. The van der Waals surface area contributed by atoms with Gasteiger partial charge in [-0.25, -0.2) is 0 Å². The number of halogens is 1. The Morgan fingerprint density at radius 3 is 2.50 bits per heavy atom. The Balaban J connectivity index is 2.31. The Hall–Kier alpha value is -1.99. The first-order chi connectivity index (χ1) is 8.63. The lowest BCUT2D eigenvalue weighted by Crippen LogP contribution is -2.30. The molecule has 18 heavy (non-hydrogen) atoms. The van der Waals surface area contributed by atoms with E-state index in [0.717, 1.165) is 0 Å². The summed E-state index contributed by atoms with van der Waals surface area (Å²) in [5.74, 6) is 1.87. The smallest absolute Gasteiger partial charge is 0.251 e. The third-order valence-corrected chi connectivity index (χ3v) is 2.38. The van der Waals surface area contributed by atoms with Crippen LogP contribution in [0, 0.1) is 12.3 Å². The monoisotopic (exact) mass is 264 g/mol. The van der Waals surface area contributed by atoms with Crippen LogP contribution in [0.2, 0.25) is 5.02 Å². The molecule has 0 spiro atoms. The molecule has 0 radical (unpaired) electrons. The molecule has 2 N–H and O–H groups in total. The zero-order chi connectivity index (χ0) is 13.4. The van der Waals surface area contributed by atoms with Crippen molar-refractivity contribution in [1.29, 1.82) is 0 Å². The third kappa shape index (κ3) is 4.89.